The van der Waals surface area contributed by atoms with Crippen molar-refractivity contribution < 1.29 is 14.6 Å². The first kappa shape index (κ1) is 12.1. The fourth-order valence-corrected chi connectivity index (χ4v) is 1.78. The van der Waals surface area contributed by atoms with E-state index in [0.717, 1.165) is 12.8 Å². The third kappa shape index (κ3) is 3.01. The summed E-state index contributed by atoms with van der Waals surface area (Å²) in [6.45, 7) is 1.93. The summed E-state index contributed by atoms with van der Waals surface area (Å²) in [4.78, 5) is 9.90. The molecule has 1 aliphatic carbocycles. The van der Waals surface area contributed by atoms with Gasteiger partial charge in [-0.15, -0.1) is 0 Å². The van der Waals surface area contributed by atoms with Crippen LogP contribution in [0.15, 0.2) is 0 Å². The molecular weight excluding hydrogens is 227 g/mol. The van der Waals surface area contributed by atoms with Crippen LogP contribution in [0.25, 0.3) is 0 Å². The Morgan fingerprint density at radius 2 is 2.14 bits per heavy atom. The Labute approximate surface area is 93.3 Å². The Hall–Kier alpha value is 0.01000. The maximum absolute atomic E-state index is 11.1. The van der Waals surface area contributed by atoms with Crippen LogP contribution in [0.4, 0.5) is 0 Å². The van der Waals surface area contributed by atoms with Gasteiger partial charge in [-0.05, 0) is 25.2 Å². The van der Waals surface area contributed by atoms with E-state index in [2.05, 4.69) is 0 Å². The highest BCUT2D eigenvalue weighted by molar-refractivity contribution is 6.52. The highest BCUT2D eigenvalue weighted by atomic mass is 35.5. The van der Waals surface area contributed by atoms with Crippen molar-refractivity contribution in [3.63, 3.8) is 0 Å². The van der Waals surface area contributed by atoms with Gasteiger partial charge in [0.2, 0.25) is 4.84 Å². The van der Waals surface area contributed by atoms with Crippen molar-refractivity contribution in [3.05, 3.63) is 0 Å². The molecule has 0 saturated heterocycles. The molecule has 0 bridgehead atoms. The molecular formula is C9H14Cl2O3. The molecule has 0 aromatic carbocycles. The minimum atomic E-state index is -1.17. The molecule has 3 atom stereocenters. The van der Waals surface area contributed by atoms with E-state index in [4.69, 9.17) is 27.9 Å². The zero-order chi connectivity index (χ0) is 10.7. The van der Waals surface area contributed by atoms with Gasteiger partial charge in [-0.3, -0.25) is 0 Å². The summed E-state index contributed by atoms with van der Waals surface area (Å²) in [7, 11) is 0. The summed E-state index contributed by atoms with van der Waals surface area (Å²) in [5, 5.41) is 9.70. The number of carbonyl (C=O) groups is 1. The van der Waals surface area contributed by atoms with E-state index < -0.39 is 23.0 Å². The summed E-state index contributed by atoms with van der Waals surface area (Å²) in [6, 6.07) is 0. The normalized spacial score (nSPS) is 33.1. The molecule has 0 aromatic heterocycles. The molecule has 3 nitrogen and oxygen atoms in total. The molecule has 0 aliphatic heterocycles. The van der Waals surface area contributed by atoms with Crippen LogP contribution in [0, 0.1) is 5.92 Å². The highest BCUT2D eigenvalue weighted by Gasteiger charge is 2.32. The summed E-state index contributed by atoms with van der Waals surface area (Å²) in [5.74, 6) is -0.517. The third-order valence-electron chi connectivity index (χ3n) is 2.56. The maximum Gasteiger partial charge on any atom is 0.339 e. The topological polar surface area (TPSA) is 46.5 Å². The number of esters is 1. The fourth-order valence-electron chi connectivity index (χ4n) is 1.68. The number of halogens is 2. The first-order chi connectivity index (χ1) is 6.52. The number of ether oxygens (including phenoxy) is 1. The second kappa shape index (κ2) is 5.19. The molecule has 1 fully saturated rings. The van der Waals surface area contributed by atoms with Crippen molar-refractivity contribution in [3.8, 4) is 0 Å². The average molecular weight is 241 g/mol. The SMILES string of the molecule is C[C@@H]1CCC[C@@H](OC(=O)C(Cl)Cl)[C@H]1O. The fraction of sp³-hybridized carbons (Fsp3) is 0.889. The Kier molecular flexibility index (Phi) is 4.48. The van der Waals surface area contributed by atoms with Gasteiger partial charge < -0.3 is 9.84 Å². The Morgan fingerprint density at radius 3 is 2.71 bits per heavy atom. The first-order valence-electron chi connectivity index (χ1n) is 4.69. The lowest BCUT2D eigenvalue weighted by atomic mass is 9.86. The van der Waals surface area contributed by atoms with Crippen molar-refractivity contribution >= 4 is 29.2 Å². The quantitative estimate of drug-likeness (QED) is 0.593. The molecule has 0 aromatic rings. The molecule has 1 rings (SSSR count). The summed E-state index contributed by atoms with van der Waals surface area (Å²) in [6.07, 6.45) is 1.54. The second-order valence-electron chi connectivity index (χ2n) is 3.67. The third-order valence-corrected chi connectivity index (χ3v) is 2.91. The van der Waals surface area contributed by atoms with Crippen LogP contribution in [-0.4, -0.2) is 28.1 Å². The van der Waals surface area contributed by atoms with Crippen molar-refractivity contribution in [2.24, 2.45) is 5.92 Å². The van der Waals surface area contributed by atoms with Crippen LogP contribution in [0.3, 0.4) is 0 Å². The predicted molar refractivity (Wildman–Crippen MR) is 54.4 cm³/mol. The Bertz CT molecular complexity index is 208. The van der Waals surface area contributed by atoms with Crippen molar-refractivity contribution in [1.29, 1.82) is 0 Å². The van der Waals surface area contributed by atoms with Gasteiger partial charge in [-0.2, -0.15) is 0 Å². The Morgan fingerprint density at radius 1 is 1.50 bits per heavy atom. The molecule has 14 heavy (non-hydrogen) atoms. The number of hydrogen-bond acceptors (Lipinski definition) is 3. The van der Waals surface area contributed by atoms with E-state index in [0.29, 0.717) is 6.42 Å². The lowest BCUT2D eigenvalue weighted by molar-refractivity contribution is -0.158. The predicted octanol–water partition coefficient (Wildman–Crippen LogP) is 1.88. The largest absolute Gasteiger partial charge is 0.458 e. The zero-order valence-corrected chi connectivity index (χ0v) is 9.46. The molecule has 1 aliphatic rings. The van der Waals surface area contributed by atoms with E-state index >= 15 is 0 Å². The van der Waals surface area contributed by atoms with Crippen molar-refractivity contribution in [2.45, 2.75) is 43.2 Å². The van der Waals surface area contributed by atoms with Gasteiger partial charge in [0.25, 0.3) is 0 Å². The van der Waals surface area contributed by atoms with Crippen LogP contribution < -0.4 is 0 Å². The number of aliphatic hydroxyl groups is 1. The average Bonchev–Trinajstić information content (AvgIpc) is 2.12. The molecule has 1 saturated carbocycles. The van der Waals surface area contributed by atoms with Gasteiger partial charge in [-0.1, -0.05) is 30.1 Å². The lowest BCUT2D eigenvalue weighted by Gasteiger charge is -2.32. The van der Waals surface area contributed by atoms with Gasteiger partial charge >= 0.3 is 5.97 Å². The highest BCUT2D eigenvalue weighted by Crippen LogP contribution is 2.27. The van der Waals surface area contributed by atoms with Gasteiger partial charge in [-0.25, -0.2) is 4.79 Å². The van der Waals surface area contributed by atoms with Crippen LogP contribution in [0.2, 0.25) is 0 Å². The molecule has 0 spiro atoms. The van der Waals surface area contributed by atoms with Crippen molar-refractivity contribution in [1.82, 2.24) is 0 Å². The number of carbonyl (C=O) groups excluding carboxylic acids is 1. The summed E-state index contributed by atoms with van der Waals surface area (Å²) in [5.41, 5.74) is 0. The van der Waals surface area contributed by atoms with E-state index in [9.17, 15) is 9.90 Å². The maximum atomic E-state index is 11.1. The van der Waals surface area contributed by atoms with E-state index in [1.54, 1.807) is 0 Å². The molecule has 0 unspecified atom stereocenters. The summed E-state index contributed by atoms with van der Waals surface area (Å²) < 4.78 is 4.98. The molecule has 1 N–H and O–H groups in total. The van der Waals surface area contributed by atoms with Gasteiger partial charge in [0.15, 0.2) is 0 Å². The molecule has 0 amide bonds. The molecule has 5 heteroatoms. The number of rotatable bonds is 2. The summed E-state index contributed by atoms with van der Waals surface area (Å²) >= 11 is 10.7. The number of hydrogen-bond donors (Lipinski definition) is 1. The minimum Gasteiger partial charge on any atom is -0.458 e. The van der Waals surface area contributed by atoms with Crippen LogP contribution >= 0.6 is 23.2 Å². The zero-order valence-electron chi connectivity index (χ0n) is 7.95. The Balaban J connectivity index is 2.47. The minimum absolute atomic E-state index is 0.158. The van der Waals surface area contributed by atoms with Gasteiger partial charge in [0.1, 0.15) is 6.10 Å². The molecule has 0 radical (unpaired) electrons. The van der Waals surface area contributed by atoms with Gasteiger partial charge in [0, 0.05) is 0 Å². The molecule has 0 heterocycles. The van der Waals surface area contributed by atoms with E-state index in [1.807, 2.05) is 6.92 Å². The monoisotopic (exact) mass is 240 g/mol. The second-order valence-corrected chi connectivity index (χ2v) is 4.77. The van der Waals surface area contributed by atoms with Crippen LogP contribution in [-0.2, 0) is 9.53 Å². The van der Waals surface area contributed by atoms with Crippen LogP contribution in [0.5, 0.6) is 0 Å². The first-order valence-corrected chi connectivity index (χ1v) is 5.56. The number of aliphatic hydroxyl groups excluding tert-OH is 1. The smallest absolute Gasteiger partial charge is 0.339 e. The van der Waals surface area contributed by atoms with Gasteiger partial charge in [0.05, 0.1) is 6.10 Å². The van der Waals surface area contributed by atoms with E-state index in [1.165, 1.54) is 0 Å². The van der Waals surface area contributed by atoms with Crippen molar-refractivity contribution in [2.75, 3.05) is 0 Å². The standard InChI is InChI=1S/C9H14Cl2O3/c1-5-3-2-4-6(7(5)12)14-9(13)8(10)11/h5-8,12H,2-4H2,1H3/t5-,6-,7+/m1/s1. The van der Waals surface area contributed by atoms with E-state index in [-0.39, 0.29) is 5.92 Å². The molecule has 82 valence electrons. The number of alkyl halides is 2. The lowest BCUT2D eigenvalue weighted by Crippen LogP contribution is -2.40. The van der Waals surface area contributed by atoms with Crippen LogP contribution in [0.1, 0.15) is 26.2 Å².